The van der Waals surface area contributed by atoms with Gasteiger partial charge in [-0.15, -0.1) is 0 Å². The summed E-state index contributed by atoms with van der Waals surface area (Å²) in [5.74, 6) is -0.0759. The molecular formula is C15H23FN2O. The Morgan fingerprint density at radius 3 is 2.47 bits per heavy atom. The minimum Gasteiger partial charge on any atom is -0.322 e. The number of nitrogens with one attached hydrogen (secondary N) is 2. The summed E-state index contributed by atoms with van der Waals surface area (Å²) >= 11 is 0. The van der Waals surface area contributed by atoms with Gasteiger partial charge in [0.2, 0.25) is 5.91 Å². The van der Waals surface area contributed by atoms with Gasteiger partial charge in [0.15, 0.2) is 0 Å². The molecule has 3 nitrogen and oxygen atoms in total. The molecule has 0 aromatic heterocycles. The standard InChI is InChI=1S/C15H23FN2O/c1-4-12(5-2)11(3)17-10-15(19)18-14-9-7-6-8-13(14)16/h6-9,11-12,17H,4-5,10H2,1-3H3,(H,18,19). The Bertz CT molecular complexity index is 405. The molecule has 0 saturated carbocycles. The van der Waals surface area contributed by atoms with Gasteiger partial charge >= 0.3 is 0 Å². The van der Waals surface area contributed by atoms with E-state index in [0.29, 0.717) is 5.92 Å². The summed E-state index contributed by atoms with van der Waals surface area (Å²) in [5.41, 5.74) is 0.226. The predicted molar refractivity (Wildman–Crippen MR) is 76.6 cm³/mol. The highest BCUT2D eigenvalue weighted by Crippen LogP contribution is 2.13. The van der Waals surface area contributed by atoms with E-state index in [-0.39, 0.29) is 24.2 Å². The Balaban J connectivity index is 2.42. The predicted octanol–water partition coefficient (Wildman–Crippen LogP) is 3.18. The van der Waals surface area contributed by atoms with Crippen molar-refractivity contribution >= 4 is 11.6 Å². The van der Waals surface area contributed by atoms with Crippen molar-refractivity contribution in [3.05, 3.63) is 30.1 Å². The van der Waals surface area contributed by atoms with E-state index in [4.69, 9.17) is 0 Å². The number of amides is 1. The number of hydrogen-bond donors (Lipinski definition) is 2. The number of carbonyl (C=O) groups excluding carboxylic acids is 1. The van der Waals surface area contributed by atoms with Crippen LogP contribution in [0.5, 0.6) is 0 Å². The van der Waals surface area contributed by atoms with Crippen LogP contribution in [-0.4, -0.2) is 18.5 Å². The molecule has 1 amide bonds. The lowest BCUT2D eigenvalue weighted by molar-refractivity contribution is -0.115. The Hall–Kier alpha value is -1.42. The van der Waals surface area contributed by atoms with Gasteiger partial charge in [-0.25, -0.2) is 4.39 Å². The van der Waals surface area contributed by atoms with Gasteiger partial charge in [0.1, 0.15) is 5.82 Å². The van der Waals surface area contributed by atoms with Gasteiger partial charge in [0.05, 0.1) is 12.2 Å². The fraction of sp³-hybridized carbons (Fsp3) is 0.533. The lowest BCUT2D eigenvalue weighted by atomic mass is 9.95. The SMILES string of the molecule is CCC(CC)C(C)NCC(=O)Nc1ccccc1F. The van der Waals surface area contributed by atoms with Crippen molar-refractivity contribution in [1.29, 1.82) is 0 Å². The topological polar surface area (TPSA) is 41.1 Å². The average molecular weight is 266 g/mol. The summed E-state index contributed by atoms with van der Waals surface area (Å²) in [6.07, 6.45) is 2.17. The third kappa shape index (κ3) is 4.99. The Kier molecular flexibility index (Phi) is 6.50. The molecule has 0 aliphatic carbocycles. The second-order valence-electron chi connectivity index (χ2n) is 4.77. The Morgan fingerprint density at radius 2 is 1.89 bits per heavy atom. The van der Waals surface area contributed by atoms with Gasteiger partial charge < -0.3 is 10.6 Å². The smallest absolute Gasteiger partial charge is 0.238 e. The second-order valence-corrected chi connectivity index (χ2v) is 4.77. The number of para-hydroxylation sites is 1. The van der Waals surface area contributed by atoms with Crippen LogP contribution in [0.3, 0.4) is 0 Å². The normalized spacial score (nSPS) is 12.5. The maximum Gasteiger partial charge on any atom is 0.238 e. The molecule has 0 aliphatic rings. The number of benzene rings is 1. The molecule has 0 bridgehead atoms. The third-order valence-electron chi connectivity index (χ3n) is 3.49. The van der Waals surface area contributed by atoms with Crippen molar-refractivity contribution in [1.82, 2.24) is 5.32 Å². The van der Waals surface area contributed by atoms with Crippen LogP contribution in [0, 0.1) is 11.7 Å². The van der Waals surface area contributed by atoms with Crippen LogP contribution in [0.15, 0.2) is 24.3 Å². The molecule has 1 unspecified atom stereocenters. The van der Waals surface area contributed by atoms with E-state index in [1.54, 1.807) is 18.2 Å². The summed E-state index contributed by atoms with van der Waals surface area (Å²) in [5, 5.41) is 5.75. The molecule has 0 radical (unpaired) electrons. The molecule has 0 saturated heterocycles. The summed E-state index contributed by atoms with van der Waals surface area (Å²) in [6, 6.07) is 6.45. The van der Waals surface area contributed by atoms with Crippen molar-refractivity contribution in [3.63, 3.8) is 0 Å². The summed E-state index contributed by atoms with van der Waals surface area (Å²) in [7, 11) is 0. The first-order valence-electron chi connectivity index (χ1n) is 6.86. The van der Waals surface area contributed by atoms with E-state index in [9.17, 15) is 9.18 Å². The molecular weight excluding hydrogens is 243 g/mol. The van der Waals surface area contributed by atoms with Gasteiger partial charge in [-0.3, -0.25) is 4.79 Å². The van der Waals surface area contributed by atoms with Crippen molar-refractivity contribution in [2.45, 2.75) is 39.7 Å². The van der Waals surface area contributed by atoms with Crippen molar-refractivity contribution in [3.8, 4) is 0 Å². The molecule has 1 aromatic rings. The number of halogens is 1. The average Bonchev–Trinajstić information content (AvgIpc) is 2.40. The maximum absolute atomic E-state index is 13.4. The van der Waals surface area contributed by atoms with Crippen LogP contribution < -0.4 is 10.6 Å². The molecule has 0 fully saturated rings. The molecule has 0 heterocycles. The van der Waals surface area contributed by atoms with E-state index in [0.717, 1.165) is 12.8 Å². The molecule has 19 heavy (non-hydrogen) atoms. The van der Waals surface area contributed by atoms with E-state index >= 15 is 0 Å². The Morgan fingerprint density at radius 1 is 1.26 bits per heavy atom. The van der Waals surface area contributed by atoms with E-state index in [2.05, 4.69) is 31.4 Å². The molecule has 0 spiro atoms. The first-order chi connectivity index (χ1) is 9.08. The van der Waals surface area contributed by atoms with E-state index in [1.807, 2.05) is 0 Å². The van der Waals surface area contributed by atoms with Crippen molar-refractivity contribution in [2.75, 3.05) is 11.9 Å². The van der Waals surface area contributed by atoms with Crippen molar-refractivity contribution < 1.29 is 9.18 Å². The summed E-state index contributed by atoms with van der Waals surface area (Å²) in [6.45, 7) is 6.57. The molecule has 1 aromatic carbocycles. The zero-order valence-corrected chi connectivity index (χ0v) is 11.9. The van der Waals surface area contributed by atoms with Crippen LogP contribution >= 0.6 is 0 Å². The molecule has 4 heteroatoms. The highest BCUT2D eigenvalue weighted by molar-refractivity contribution is 5.92. The van der Waals surface area contributed by atoms with Crippen LogP contribution in [0.4, 0.5) is 10.1 Å². The number of anilines is 1. The fourth-order valence-corrected chi connectivity index (χ4v) is 2.17. The highest BCUT2D eigenvalue weighted by atomic mass is 19.1. The maximum atomic E-state index is 13.4. The molecule has 106 valence electrons. The highest BCUT2D eigenvalue weighted by Gasteiger charge is 2.14. The summed E-state index contributed by atoms with van der Waals surface area (Å²) in [4.78, 5) is 11.7. The monoisotopic (exact) mass is 266 g/mol. The van der Waals surface area contributed by atoms with Crippen LogP contribution in [-0.2, 0) is 4.79 Å². The third-order valence-corrected chi connectivity index (χ3v) is 3.49. The first kappa shape index (κ1) is 15.6. The number of carbonyl (C=O) groups is 1. The first-order valence-corrected chi connectivity index (χ1v) is 6.86. The summed E-state index contributed by atoms with van der Waals surface area (Å²) < 4.78 is 13.4. The number of rotatable bonds is 7. The van der Waals surface area contributed by atoms with Gasteiger partial charge in [0, 0.05) is 6.04 Å². The largest absolute Gasteiger partial charge is 0.322 e. The van der Waals surface area contributed by atoms with Gasteiger partial charge in [-0.05, 0) is 25.0 Å². The molecule has 1 rings (SSSR count). The fourth-order valence-electron chi connectivity index (χ4n) is 2.17. The van der Waals surface area contributed by atoms with E-state index < -0.39 is 5.82 Å². The minimum absolute atomic E-state index is 0.200. The second kappa shape index (κ2) is 7.89. The van der Waals surface area contributed by atoms with Crippen LogP contribution in [0.2, 0.25) is 0 Å². The molecule has 0 aliphatic heterocycles. The van der Waals surface area contributed by atoms with Gasteiger partial charge in [0.25, 0.3) is 0 Å². The number of hydrogen-bond acceptors (Lipinski definition) is 2. The van der Waals surface area contributed by atoms with Gasteiger partial charge in [-0.1, -0.05) is 38.8 Å². The van der Waals surface area contributed by atoms with Crippen molar-refractivity contribution in [2.24, 2.45) is 5.92 Å². The lowest BCUT2D eigenvalue weighted by Crippen LogP contribution is -2.38. The molecule has 2 N–H and O–H groups in total. The Labute approximate surface area is 114 Å². The zero-order chi connectivity index (χ0) is 14.3. The minimum atomic E-state index is -0.413. The lowest BCUT2D eigenvalue weighted by Gasteiger charge is -2.22. The zero-order valence-electron chi connectivity index (χ0n) is 11.9. The van der Waals surface area contributed by atoms with Crippen LogP contribution in [0.1, 0.15) is 33.6 Å². The van der Waals surface area contributed by atoms with Crippen LogP contribution in [0.25, 0.3) is 0 Å². The quantitative estimate of drug-likeness (QED) is 0.796. The van der Waals surface area contributed by atoms with Gasteiger partial charge in [-0.2, -0.15) is 0 Å². The van der Waals surface area contributed by atoms with E-state index in [1.165, 1.54) is 6.07 Å². The molecule has 1 atom stereocenters.